The summed E-state index contributed by atoms with van der Waals surface area (Å²) in [4.78, 5) is 0. The van der Waals surface area contributed by atoms with Gasteiger partial charge in [-0.25, -0.2) is 4.68 Å². The van der Waals surface area contributed by atoms with E-state index in [1.54, 1.807) is 11.8 Å². The fourth-order valence-corrected chi connectivity index (χ4v) is 1.99. The van der Waals surface area contributed by atoms with Crippen LogP contribution in [0.25, 0.3) is 5.69 Å². The number of hydrogen-bond acceptors (Lipinski definition) is 5. The van der Waals surface area contributed by atoms with E-state index in [0.717, 1.165) is 11.3 Å². The van der Waals surface area contributed by atoms with Gasteiger partial charge in [0.05, 0.1) is 18.5 Å². The van der Waals surface area contributed by atoms with Crippen molar-refractivity contribution < 1.29 is 14.2 Å². The van der Waals surface area contributed by atoms with E-state index in [1.165, 1.54) is 0 Å². The lowest BCUT2D eigenvalue weighted by Crippen LogP contribution is -2.09. The van der Waals surface area contributed by atoms with E-state index in [2.05, 4.69) is 10.3 Å². The fourth-order valence-electron chi connectivity index (χ4n) is 1.99. The summed E-state index contributed by atoms with van der Waals surface area (Å²) >= 11 is 0. The summed E-state index contributed by atoms with van der Waals surface area (Å²) in [6.07, 6.45) is 1.35. The van der Waals surface area contributed by atoms with Crippen LogP contribution in [0.5, 0.6) is 0 Å². The van der Waals surface area contributed by atoms with Gasteiger partial charge in [-0.05, 0) is 31.5 Å². The Bertz CT molecular complexity index is 551. The number of benzene rings is 1. The van der Waals surface area contributed by atoms with Gasteiger partial charge < -0.3 is 14.2 Å². The molecule has 0 unspecified atom stereocenters. The van der Waals surface area contributed by atoms with Gasteiger partial charge in [0.15, 0.2) is 0 Å². The predicted molar refractivity (Wildman–Crippen MR) is 78.1 cm³/mol. The van der Waals surface area contributed by atoms with E-state index < -0.39 is 6.29 Å². The summed E-state index contributed by atoms with van der Waals surface area (Å²) in [7, 11) is 1.68. The molecule has 1 aromatic carbocycles. The van der Waals surface area contributed by atoms with E-state index in [9.17, 15) is 0 Å². The van der Waals surface area contributed by atoms with Gasteiger partial charge in [0.2, 0.25) is 6.29 Å². The Morgan fingerprint density at radius 2 is 1.95 bits per heavy atom. The molecule has 1 aromatic heterocycles. The first-order valence-electron chi connectivity index (χ1n) is 7.02. The van der Waals surface area contributed by atoms with Crippen molar-refractivity contribution in [2.24, 2.45) is 0 Å². The summed E-state index contributed by atoms with van der Waals surface area (Å²) in [5, 5.41) is 8.28. The smallest absolute Gasteiger partial charge is 0.204 e. The third kappa shape index (κ3) is 4.10. The van der Waals surface area contributed by atoms with Crippen LogP contribution >= 0.6 is 0 Å². The topological polar surface area (TPSA) is 58.4 Å². The lowest BCUT2D eigenvalue weighted by atomic mass is 10.2. The van der Waals surface area contributed by atoms with Crippen molar-refractivity contribution in [1.82, 2.24) is 15.0 Å². The molecule has 0 spiro atoms. The summed E-state index contributed by atoms with van der Waals surface area (Å²) in [6, 6.07) is 7.95. The first kappa shape index (κ1) is 15.6. The van der Waals surface area contributed by atoms with Crippen LogP contribution in [0.4, 0.5) is 0 Å². The second kappa shape index (κ2) is 7.87. The SMILES string of the molecule is CCOC(OCC)c1cn(-c2cccc(COC)c2)nn1. The van der Waals surface area contributed by atoms with E-state index in [4.69, 9.17) is 14.2 Å². The van der Waals surface area contributed by atoms with Gasteiger partial charge in [-0.3, -0.25) is 0 Å². The Labute approximate surface area is 124 Å². The average molecular weight is 291 g/mol. The molecule has 0 saturated carbocycles. The maximum absolute atomic E-state index is 5.52. The van der Waals surface area contributed by atoms with E-state index in [-0.39, 0.29) is 0 Å². The second-order valence-corrected chi connectivity index (χ2v) is 4.43. The van der Waals surface area contributed by atoms with Crippen molar-refractivity contribution in [3.8, 4) is 5.69 Å². The van der Waals surface area contributed by atoms with Crippen molar-refractivity contribution >= 4 is 0 Å². The maximum atomic E-state index is 5.52. The third-order valence-corrected chi connectivity index (χ3v) is 2.87. The number of hydrogen-bond donors (Lipinski definition) is 0. The fraction of sp³-hybridized carbons (Fsp3) is 0.467. The lowest BCUT2D eigenvalue weighted by Gasteiger charge is -2.13. The molecule has 0 N–H and O–H groups in total. The van der Waals surface area contributed by atoms with Crippen LogP contribution in [0.15, 0.2) is 30.5 Å². The molecule has 0 fully saturated rings. The number of aromatic nitrogens is 3. The summed E-state index contributed by atoms with van der Waals surface area (Å²) in [6.45, 7) is 5.52. The van der Waals surface area contributed by atoms with Gasteiger partial charge >= 0.3 is 0 Å². The summed E-state index contributed by atoms with van der Waals surface area (Å²) < 4.78 is 17.9. The van der Waals surface area contributed by atoms with Crippen LogP contribution in [-0.2, 0) is 20.8 Å². The first-order chi connectivity index (χ1) is 10.3. The zero-order valence-corrected chi connectivity index (χ0v) is 12.7. The lowest BCUT2D eigenvalue weighted by molar-refractivity contribution is -0.142. The molecule has 0 aliphatic heterocycles. The minimum absolute atomic E-state index is 0.476. The Morgan fingerprint density at radius 3 is 2.62 bits per heavy atom. The van der Waals surface area contributed by atoms with Crippen LogP contribution in [0.3, 0.4) is 0 Å². The summed E-state index contributed by atoms with van der Waals surface area (Å²) in [5.41, 5.74) is 2.67. The van der Waals surface area contributed by atoms with Crippen LogP contribution in [0.1, 0.15) is 31.4 Å². The van der Waals surface area contributed by atoms with Crippen LogP contribution in [0, 0.1) is 0 Å². The quantitative estimate of drug-likeness (QED) is 0.699. The normalized spacial score (nSPS) is 11.2. The first-order valence-corrected chi connectivity index (χ1v) is 7.02. The third-order valence-electron chi connectivity index (χ3n) is 2.87. The van der Waals surface area contributed by atoms with Gasteiger partial charge in [-0.15, -0.1) is 5.10 Å². The monoisotopic (exact) mass is 291 g/mol. The Morgan fingerprint density at radius 1 is 1.19 bits per heavy atom. The van der Waals surface area contributed by atoms with E-state index in [1.807, 2.05) is 44.3 Å². The molecule has 0 atom stereocenters. The maximum Gasteiger partial charge on any atom is 0.204 e. The van der Waals surface area contributed by atoms with E-state index >= 15 is 0 Å². The van der Waals surface area contributed by atoms with Crippen molar-refractivity contribution in [1.29, 1.82) is 0 Å². The number of nitrogens with zero attached hydrogens (tertiary/aromatic N) is 3. The minimum atomic E-state index is -0.476. The number of methoxy groups -OCH3 is 1. The van der Waals surface area contributed by atoms with Gasteiger partial charge in [0, 0.05) is 20.3 Å². The van der Waals surface area contributed by atoms with Crippen molar-refractivity contribution in [2.45, 2.75) is 26.7 Å². The Kier molecular flexibility index (Phi) is 5.86. The highest BCUT2D eigenvalue weighted by molar-refractivity contribution is 5.34. The average Bonchev–Trinajstić information content (AvgIpc) is 2.97. The molecule has 0 aliphatic rings. The molecule has 2 rings (SSSR count). The molecule has 6 nitrogen and oxygen atoms in total. The zero-order valence-electron chi connectivity index (χ0n) is 12.7. The molecule has 6 heteroatoms. The van der Waals surface area contributed by atoms with Crippen molar-refractivity contribution in [2.75, 3.05) is 20.3 Å². The van der Waals surface area contributed by atoms with Gasteiger partial charge in [-0.1, -0.05) is 17.3 Å². The summed E-state index contributed by atoms with van der Waals surface area (Å²) in [5.74, 6) is 0. The Balaban J connectivity index is 2.20. The molecular weight excluding hydrogens is 270 g/mol. The largest absolute Gasteiger partial charge is 0.380 e. The number of ether oxygens (including phenoxy) is 3. The van der Waals surface area contributed by atoms with Crippen LogP contribution in [0.2, 0.25) is 0 Å². The second-order valence-electron chi connectivity index (χ2n) is 4.43. The van der Waals surface area contributed by atoms with Gasteiger partial charge in [0.25, 0.3) is 0 Å². The molecule has 2 aromatic rings. The molecule has 0 amide bonds. The predicted octanol–water partition coefficient (Wildman–Crippen LogP) is 2.49. The molecule has 0 bridgehead atoms. The molecule has 114 valence electrons. The van der Waals surface area contributed by atoms with Crippen LogP contribution in [-0.4, -0.2) is 35.3 Å². The zero-order chi connectivity index (χ0) is 15.1. The standard InChI is InChI=1S/C15H21N3O3/c1-4-20-15(21-5-2)14-10-18(17-16-14)13-8-6-7-12(9-13)11-19-3/h6-10,15H,4-5,11H2,1-3H3. The molecule has 0 radical (unpaired) electrons. The Hall–Kier alpha value is -1.76. The van der Waals surface area contributed by atoms with Crippen molar-refractivity contribution in [3.63, 3.8) is 0 Å². The molecular formula is C15H21N3O3. The van der Waals surface area contributed by atoms with E-state index in [0.29, 0.717) is 25.5 Å². The van der Waals surface area contributed by atoms with Crippen LogP contribution < -0.4 is 0 Å². The molecule has 0 aliphatic carbocycles. The minimum Gasteiger partial charge on any atom is -0.380 e. The van der Waals surface area contributed by atoms with Gasteiger partial charge in [-0.2, -0.15) is 0 Å². The van der Waals surface area contributed by atoms with Gasteiger partial charge in [0.1, 0.15) is 5.69 Å². The molecule has 1 heterocycles. The highest BCUT2D eigenvalue weighted by Crippen LogP contribution is 2.18. The molecule has 21 heavy (non-hydrogen) atoms. The highest BCUT2D eigenvalue weighted by atomic mass is 16.7. The number of rotatable bonds is 8. The van der Waals surface area contributed by atoms with Crippen molar-refractivity contribution in [3.05, 3.63) is 41.7 Å². The highest BCUT2D eigenvalue weighted by Gasteiger charge is 2.16. The molecule has 0 saturated heterocycles.